The third kappa shape index (κ3) is 4.29. The number of aromatic nitrogens is 1. The van der Waals surface area contributed by atoms with E-state index in [0.717, 1.165) is 29.1 Å². The number of hydrogen-bond acceptors (Lipinski definition) is 1. The molecule has 3 rings (SSSR count). The summed E-state index contributed by atoms with van der Waals surface area (Å²) in [5, 5.41) is 5.86. The number of benzene rings is 2. The van der Waals surface area contributed by atoms with Crippen molar-refractivity contribution >= 4 is 11.7 Å². The SMILES string of the molecule is Cc1cccc(NC(=O)NCc2cccn2Cc2ccccc2)c1C. The average Bonchev–Trinajstić information content (AvgIpc) is 3.05. The number of nitrogens with one attached hydrogen (secondary N) is 2. The normalized spacial score (nSPS) is 10.5. The molecule has 0 radical (unpaired) electrons. The summed E-state index contributed by atoms with van der Waals surface area (Å²) in [4.78, 5) is 12.2. The third-order valence-electron chi connectivity index (χ3n) is 4.40. The minimum absolute atomic E-state index is 0.193. The van der Waals surface area contributed by atoms with Crippen LogP contribution in [0.4, 0.5) is 10.5 Å². The van der Waals surface area contributed by atoms with Gasteiger partial charge in [-0.1, -0.05) is 42.5 Å². The molecule has 0 saturated heterocycles. The molecule has 128 valence electrons. The van der Waals surface area contributed by atoms with Crippen LogP contribution >= 0.6 is 0 Å². The van der Waals surface area contributed by atoms with Gasteiger partial charge in [0, 0.05) is 24.1 Å². The summed E-state index contributed by atoms with van der Waals surface area (Å²) < 4.78 is 2.15. The molecule has 4 heteroatoms. The second kappa shape index (κ2) is 7.71. The fourth-order valence-electron chi connectivity index (χ4n) is 2.77. The maximum Gasteiger partial charge on any atom is 0.319 e. The minimum atomic E-state index is -0.193. The lowest BCUT2D eigenvalue weighted by Crippen LogP contribution is -2.29. The molecule has 2 aromatic carbocycles. The van der Waals surface area contributed by atoms with Gasteiger partial charge < -0.3 is 15.2 Å². The van der Waals surface area contributed by atoms with Gasteiger partial charge in [-0.2, -0.15) is 0 Å². The summed E-state index contributed by atoms with van der Waals surface area (Å²) in [5.74, 6) is 0. The summed E-state index contributed by atoms with van der Waals surface area (Å²) in [6.07, 6.45) is 2.03. The van der Waals surface area contributed by atoms with Gasteiger partial charge in [-0.15, -0.1) is 0 Å². The van der Waals surface area contributed by atoms with Crippen LogP contribution in [0.2, 0.25) is 0 Å². The van der Waals surface area contributed by atoms with E-state index >= 15 is 0 Å². The fourth-order valence-corrected chi connectivity index (χ4v) is 2.77. The van der Waals surface area contributed by atoms with Gasteiger partial charge in [-0.05, 0) is 48.7 Å². The van der Waals surface area contributed by atoms with Crippen molar-refractivity contribution in [2.45, 2.75) is 26.9 Å². The molecule has 1 heterocycles. The van der Waals surface area contributed by atoms with E-state index in [0.29, 0.717) is 6.54 Å². The monoisotopic (exact) mass is 333 g/mol. The van der Waals surface area contributed by atoms with E-state index in [1.54, 1.807) is 0 Å². The zero-order chi connectivity index (χ0) is 17.6. The van der Waals surface area contributed by atoms with E-state index in [2.05, 4.69) is 27.3 Å². The minimum Gasteiger partial charge on any atom is -0.345 e. The van der Waals surface area contributed by atoms with Crippen LogP contribution < -0.4 is 10.6 Å². The van der Waals surface area contributed by atoms with E-state index in [9.17, 15) is 4.79 Å². The molecule has 0 bridgehead atoms. The van der Waals surface area contributed by atoms with Crippen LogP contribution in [-0.4, -0.2) is 10.6 Å². The van der Waals surface area contributed by atoms with Crippen LogP contribution in [0.1, 0.15) is 22.4 Å². The molecule has 4 nitrogen and oxygen atoms in total. The molecule has 0 spiro atoms. The van der Waals surface area contributed by atoms with Gasteiger partial charge in [0.15, 0.2) is 0 Å². The van der Waals surface area contributed by atoms with Crippen molar-refractivity contribution in [2.24, 2.45) is 0 Å². The molecule has 0 saturated carbocycles. The number of anilines is 1. The van der Waals surface area contributed by atoms with Crippen LogP contribution in [0, 0.1) is 13.8 Å². The first-order valence-electron chi connectivity index (χ1n) is 8.42. The van der Waals surface area contributed by atoms with Crippen molar-refractivity contribution < 1.29 is 4.79 Å². The highest BCUT2D eigenvalue weighted by molar-refractivity contribution is 5.90. The number of nitrogens with zero attached hydrogens (tertiary/aromatic N) is 1. The number of carbonyl (C=O) groups is 1. The number of hydrogen-bond donors (Lipinski definition) is 2. The Bertz CT molecular complexity index is 853. The largest absolute Gasteiger partial charge is 0.345 e. The number of carbonyl (C=O) groups excluding carboxylic acids is 1. The molecule has 25 heavy (non-hydrogen) atoms. The van der Waals surface area contributed by atoms with Crippen molar-refractivity contribution in [3.63, 3.8) is 0 Å². The molecular formula is C21H23N3O. The highest BCUT2D eigenvalue weighted by Crippen LogP contribution is 2.17. The highest BCUT2D eigenvalue weighted by Gasteiger charge is 2.07. The fraction of sp³-hybridized carbons (Fsp3) is 0.190. The van der Waals surface area contributed by atoms with E-state index in [1.165, 1.54) is 5.56 Å². The zero-order valence-electron chi connectivity index (χ0n) is 14.6. The number of rotatable bonds is 5. The maximum absolute atomic E-state index is 12.2. The van der Waals surface area contributed by atoms with Crippen LogP contribution in [-0.2, 0) is 13.1 Å². The van der Waals surface area contributed by atoms with Crippen LogP contribution in [0.5, 0.6) is 0 Å². The summed E-state index contributed by atoms with van der Waals surface area (Å²) in [6, 6.07) is 20.0. The van der Waals surface area contributed by atoms with Crippen molar-refractivity contribution in [3.05, 3.63) is 89.2 Å². The molecule has 0 aliphatic carbocycles. The van der Waals surface area contributed by atoms with Crippen LogP contribution in [0.3, 0.4) is 0 Å². The molecule has 3 aromatic rings. The Kier molecular flexibility index (Phi) is 5.19. The molecule has 0 unspecified atom stereocenters. The third-order valence-corrected chi connectivity index (χ3v) is 4.40. The average molecular weight is 333 g/mol. The number of aryl methyl sites for hydroxylation is 1. The van der Waals surface area contributed by atoms with Gasteiger partial charge in [0.1, 0.15) is 0 Å². The predicted octanol–water partition coefficient (Wildman–Crippen LogP) is 4.47. The first-order valence-corrected chi connectivity index (χ1v) is 8.42. The second-order valence-electron chi connectivity index (χ2n) is 6.17. The van der Waals surface area contributed by atoms with Crippen molar-refractivity contribution in [1.29, 1.82) is 0 Å². The Hall–Kier alpha value is -3.01. The first-order chi connectivity index (χ1) is 12.1. The summed E-state index contributed by atoms with van der Waals surface area (Å²) in [6.45, 7) is 5.32. The Morgan fingerprint density at radius 3 is 2.56 bits per heavy atom. The second-order valence-corrected chi connectivity index (χ2v) is 6.17. The lowest BCUT2D eigenvalue weighted by Gasteiger charge is -2.13. The smallest absolute Gasteiger partial charge is 0.319 e. The van der Waals surface area contributed by atoms with Gasteiger partial charge in [0.25, 0.3) is 0 Å². The van der Waals surface area contributed by atoms with Gasteiger partial charge >= 0.3 is 6.03 Å². The topological polar surface area (TPSA) is 46.1 Å². The van der Waals surface area contributed by atoms with Gasteiger partial charge in [0.2, 0.25) is 0 Å². The maximum atomic E-state index is 12.2. The van der Waals surface area contributed by atoms with Crippen molar-refractivity contribution in [1.82, 2.24) is 9.88 Å². The zero-order valence-corrected chi connectivity index (χ0v) is 14.6. The van der Waals surface area contributed by atoms with Crippen LogP contribution in [0.15, 0.2) is 66.9 Å². The molecule has 0 atom stereocenters. The Labute approximate surface area is 148 Å². The summed E-state index contributed by atoms with van der Waals surface area (Å²) >= 11 is 0. The van der Waals surface area contributed by atoms with Crippen LogP contribution in [0.25, 0.3) is 0 Å². The van der Waals surface area contributed by atoms with E-state index in [4.69, 9.17) is 0 Å². The van der Waals surface area contributed by atoms with Crippen molar-refractivity contribution in [3.8, 4) is 0 Å². The predicted molar refractivity (Wildman–Crippen MR) is 102 cm³/mol. The Morgan fingerprint density at radius 1 is 0.960 bits per heavy atom. The lowest BCUT2D eigenvalue weighted by molar-refractivity contribution is 0.251. The highest BCUT2D eigenvalue weighted by atomic mass is 16.2. The van der Waals surface area contributed by atoms with Gasteiger partial charge in [0.05, 0.1) is 6.54 Å². The molecule has 0 fully saturated rings. The molecular weight excluding hydrogens is 310 g/mol. The Morgan fingerprint density at radius 2 is 1.76 bits per heavy atom. The number of amides is 2. The van der Waals surface area contributed by atoms with Crippen molar-refractivity contribution in [2.75, 3.05) is 5.32 Å². The Balaban J connectivity index is 1.60. The lowest BCUT2D eigenvalue weighted by atomic mass is 10.1. The standard InChI is InChI=1S/C21H23N3O/c1-16-8-6-12-20(17(16)2)23-21(25)22-14-19-11-7-13-24(19)15-18-9-4-3-5-10-18/h3-13H,14-15H2,1-2H3,(H2,22,23,25). The van der Waals surface area contributed by atoms with Gasteiger partial charge in [-0.25, -0.2) is 4.79 Å². The van der Waals surface area contributed by atoms with Gasteiger partial charge in [-0.3, -0.25) is 0 Å². The molecule has 1 aromatic heterocycles. The first kappa shape index (κ1) is 16.8. The summed E-state index contributed by atoms with van der Waals surface area (Å²) in [5.41, 5.74) is 5.40. The molecule has 0 aliphatic rings. The molecule has 2 amide bonds. The van der Waals surface area contributed by atoms with E-state index < -0.39 is 0 Å². The number of urea groups is 1. The quantitative estimate of drug-likeness (QED) is 0.711. The van der Waals surface area contributed by atoms with E-state index in [1.807, 2.05) is 68.6 Å². The van der Waals surface area contributed by atoms with E-state index in [-0.39, 0.29) is 6.03 Å². The molecule has 2 N–H and O–H groups in total. The molecule has 0 aliphatic heterocycles. The summed E-state index contributed by atoms with van der Waals surface area (Å²) in [7, 11) is 0.